The number of pyridine rings is 1. The Kier molecular flexibility index (Phi) is 3.67. The molecule has 0 spiro atoms. The number of allylic oxidation sites excluding steroid dienone is 2. The summed E-state index contributed by atoms with van der Waals surface area (Å²) in [4.78, 5) is 3.97. The highest BCUT2D eigenvalue weighted by atomic mass is 16.3. The lowest BCUT2D eigenvalue weighted by Crippen LogP contribution is -1.98. The Morgan fingerprint density at radius 2 is 2.13 bits per heavy atom. The SMILES string of the molecule is CC(C)(C)/C=C/C(O)=C\c1cccnc1. The molecule has 2 heteroatoms. The topological polar surface area (TPSA) is 33.1 Å². The number of nitrogens with zero attached hydrogens (tertiary/aromatic N) is 1. The molecule has 1 heterocycles. The van der Waals surface area contributed by atoms with E-state index in [1.54, 1.807) is 24.5 Å². The molecule has 0 bridgehead atoms. The van der Waals surface area contributed by atoms with E-state index in [2.05, 4.69) is 25.8 Å². The van der Waals surface area contributed by atoms with Gasteiger partial charge in [0.1, 0.15) is 5.76 Å². The van der Waals surface area contributed by atoms with Crippen LogP contribution in [0.25, 0.3) is 6.08 Å². The molecule has 0 amide bonds. The first-order valence-electron chi connectivity index (χ1n) is 4.97. The Bertz CT molecular complexity index is 358. The second-order valence-corrected chi connectivity index (χ2v) is 4.55. The lowest BCUT2D eigenvalue weighted by Gasteiger charge is -2.10. The molecule has 80 valence electrons. The lowest BCUT2D eigenvalue weighted by atomic mass is 9.96. The number of rotatable bonds is 2. The highest BCUT2D eigenvalue weighted by molar-refractivity contribution is 5.52. The summed E-state index contributed by atoms with van der Waals surface area (Å²) in [7, 11) is 0. The van der Waals surface area contributed by atoms with E-state index in [4.69, 9.17) is 0 Å². The molecule has 1 rings (SSSR count). The van der Waals surface area contributed by atoms with Crippen LogP contribution in [0.3, 0.4) is 0 Å². The van der Waals surface area contributed by atoms with Crippen molar-refractivity contribution >= 4 is 6.08 Å². The van der Waals surface area contributed by atoms with Crippen molar-refractivity contribution in [3.05, 3.63) is 48.0 Å². The third-order valence-corrected chi connectivity index (χ3v) is 1.75. The summed E-state index contributed by atoms with van der Waals surface area (Å²) in [5, 5.41) is 9.61. The maximum absolute atomic E-state index is 9.61. The fraction of sp³-hybridized carbons (Fsp3) is 0.308. The van der Waals surface area contributed by atoms with Gasteiger partial charge >= 0.3 is 0 Å². The van der Waals surface area contributed by atoms with Gasteiger partial charge in [-0.1, -0.05) is 32.9 Å². The normalized spacial score (nSPS) is 13.4. The van der Waals surface area contributed by atoms with Crippen LogP contribution in [0.2, 0.25) is 0 Å². The third-order valence-electron chi connectivity index (χ3n) is 1.75. The molecule has 0 unspecified atom stereocenters. The largest absolute Gasteiger partial charge is 0.508 e. The summed E-state index contributed by atoms with van der Waals surface area (Å²) >= 11 is 0. The van der Waals surface area contributed by atoms with Crippen LogP contribution in [-0.4, -0.2) is 10.1 Å². The molecule has 0 fully saturated rings. The summed E-state index contributed by atoms with van der Waals surface area (Å²) in [6.45, 7) is 6.25. The standard InChI is InChI=1S/C13H17NO/c1-13(2,3)7-6-12(15)9-11-5-4-8-14-10-11/h4-10,15H,1-3H3/b7-6+,12-9+. The van der Waals surface area contributed by atoms with Crippen LogP contribution in [0.4, 0.5) is 0 Å². The van der Waals surface area contributed by atoms with Gasteiger partial charge in [-0.2, -0.15) is 0 Å². The number of aliphatic hydroxyl groups excluding tert-OH is 1. The minimum atomic E-state index is 0.0801. The van der Waals surface area contributed by atoms with Crippen LogP contribution < -0.4 is 0 Å². The first-order valence-corrected chi connectivity index (χ1v) is 4.97. The molecule has 0 radical (unpaired) electrons. The maximum atomic E-state index is 9.61. The van der Waals surface area contributed by atoms with Crippen LogP contribution in [0.15, 0.2) is 42.4 Å². The predicted octanol–water partition coefficient (Wildman–Crippen LogP) is 3.58. The fourth-order valence-corrected chi connectivity index (χ4v) is 1.02. The van der Waals surface area contributed by atoms with Gasteiger partial charge in [-0.3, -0.25) is 4.98 Å². The molecule has 1 aromatic rings. The van der Waals surface area contributed by atoms with Gasteiger partial charge in [-0.05, 0) is 29.2 Å². The van der Waals surface area contributed by atoms with Crippen molar-refractivity contribution in [2.75, 3.05) is 0 Å². The summed E-state index contributed by atoms with van der Waals surface area (Å²) in [5.74, 6) is 0.248. The third kappa shape index (κ3) is 5.01. The van der Waals surface area contributed by atoms with E-state index in [0.717, 1.165) is 5.56 Å². The Morgan fingerprint density at radius 1 is 1.40 bits per heavy atom. The summed E-state index contributed by atoms with van der Waals surface area (Å²) in [6, 6.07) is 3.74. The van der Waals surface area contributed by atoms with E-state index in [1.165, 1.54) is 0 Å². The zero-order chi connectivity index (χ0) is 11.3. The van der Waals surface area contributed by atoms with E-state index in [-0.39, 0.29) is 11.2 Å². The first kappa shape index (κ1) is 11.5. The van der Waals surface area contributed by atoms with E-state index in [9.17, 15) is 5.11 Å². The molecule has 0 atom stereocenters. The molecule has 1 N–H and O–H groups in total. The molecule has 0 aromatic carbocycles. The zero-order valence-corrected chi connectivity index (χ0v) is 9.44. The number of aliphatic hydroxyl groups is 1. The average Bonchev–Trinajstić information content (AvgIpc) is 2.15. The van der Waals surface area contributed by atoms with Crippen LogP contribution in [0.1, 0.15) is 26.3 Å². The van der Waals surface area contributed by atoms with E-state index in [1.807, 2.05) is 18.2 Å². The van der Waals surface area contributed by atoms with E-state index < -0.39 is 0 Å². The van der Waals surface area contributed by atoms with Crippen molar-refractivity contribution in [1.82, 2.24) is 4.98 Å². The minimum absolute atomic E-state index is 0.0801. The molecule has 1 aromatic heterocycles. The number of hydrogen-bond acceptors (Lipinski definition) is 2. The van der Waals surface area contributed by atoms with Crippen molar-refractivity contribution in [2.45, 2.75) is 20.8 Å². The lowest BCUT2D eigenvalue weighted by molar-refractivity contribution is 0.434. The monoisotopic (exact) mass is 203 g/mol. The summed E-state index contributed by atoms with van der Waals surface area (Å²) in [5.41, 5.74) is 0.977. The van der Waals surface area contributed by atoms with Gasteiger partial charge in [0.2, 0.25) is 0 Å². The van der Waals surface area contributed by atoms with Crippen LogP contribution in [0, 0.1) is 5.41 Å². The Morgan fingerprint density at radius 3 is 2.67 bits per heavy atom. The van der Waals surface area contributed by atoms with Crippen molar-refractivity contribution in [3.8, 4) is 0 Å². The highest BCUT2D eigenvalue weighted by Gasteiger charge is 2.03. The average molecular weight is 203 g/mol. The molecule has 0 saturated heterocycles. The molecule has 15 heavy (non-hydrogen) atoms. The van der Waals surface area contributed by atoms with Crippen molar-refractivity contribution < 1.29 is 5.11 Å². The molecular weight excluding hydrogens is 186 g/mol. The minimum Gasteiger partial charge on any atom is -0.508 e. The number of aromatic nitrogens is 1. The van der Waals surface area contributed by atoms with Crippen LogP contribution in [-0.2, 0) is 0 Å². The van der Waals surface area contributed by atoms with Crippen LogP contribution >= 0.6 is 0 Å². The molecule has 0 aliphatic rings. The quantitative estimate of drug-likeness (QED) is 0.588. The fourth-order valence-electron chi connectivity index (χ4n) is 1.02. The van der Waals surface area contributed by atoms with E-state index >= 15 is 0 Å². The van der Waals surface area contributed by atoms with Crippen molar-refractivity contribution in [3.63, 3.8) is 0 Å². The molecule has 0 aliphatic heterocycles. The number of hydrogen-bond donors (Lipinski definition) is 1. The Balaban J connectivity index is 2.74. The smallest absolute Gasteiger partial charge is 0.115 e. The van der Waals surface area contributed by atoms with Crippen molar-refractivity contribution in [2.24, 2.45) is 5.41 Å². The highest BCUT2D eigenvalue weighted by Crippen LogP contribution is 2.16. The summed E-state index contributed by atoms with van der Waals surface area (Å²) < 4.78 is 0. The first-order chi connectivity index (χ1) is 6.97. The molecular formula is C13H17NO. The van der Waals surface area contributed by atoms with Gasteiger partial charge in [-0.25, -0.2) is 0 Å². The van der Waals surface area contributed by atoms with Gasteiger partial charge in [0, 0.05) is 12.4 Å². The van der Waals surface area contributed by atoms with Gasteiger partial charge < -0.3 is 5.11 Å². The molecule has 2 nitrogen and oxygen atoms in total. The summed E-state index contributed by atoms with van der Waals surface area (Å²) in [6.07, 6.45) is 8.79. The van der Waals surface area contributed by atoms with Gasteiger partial charge in [0.25, 0.3) is 0 Å². The molecule has 0 aliphatic carbocycles. The molecule has 0 saturated carbocycles. The van der Waals surface area contributed by atoms with Crippen LogP contribution in [0.5, 0.6) is 0 Å². The maximum Gasteiger partial charge on any atom is 0.115 e. The van der Waals surface area contributed by atoms with Gasteiger partial charge in [-0.15, -0.1) is 0 Å². The second-order valence-electron chi connectivity index (χ2n) is 4.55. The van der Waals surface area contributed by atoms with Crippen molar-refractivity contribution in [1.29, 1.82) is 0 Å². The Hall–Kier alpha value is -1.57. The van der Waals surface area contributed by atoms with Gasteiger partial charge in [0.05, 0.1) is 0 Å². The van der Waals surface area contributed by atoms with Gasteiger partial charge in [0.15, 0.2) is 0 Å². The zero-order valence-electron chi connectivity index (χ0n) is 9.44. The van der Waals surface area contributed by atoms with E-state index in [0.29, 0.717) is 0 Å². The Labute approximate surface area is 91.0 Å². The second kappa shape index (κ2) is 4.78. The predicted molar refractivity (Wildman–Crippen MR) is 63.4 cm³/mol.